The molecule has 2 atom stereocenters. The molecule has 158 valence electrons. The number of sulfonamides is 1. The topological polar surface area (TPSA) is 78.5 Å². The molecule has 6 nitrogen and oxygen atoms in total. The van der Waals surface area contributed by atoms with E-state index in [0.29, 0.717) is 24.6 Å². The SMILES string of the molecule is CC1CCCCN1S(=O)(=O)c1ccc(C(=O)NCCC2CCCNC2)cc1.Cl. The summed E-state index contributed by atoms with van der Waals surface area (Å²) in [5, 5.41) is 6.33. The molecule has 0 bridgehead atoms. The Morgan fingerprint density at radius 2 is 1.93 bits per heavy atom. The lowest BCUT2D eigenvalue weighted by Gasteiger charge is -2.32. The highest BCUT2D eigenvalue weighted by Crippen LogP contribution is 2.25. The molecule has 0 saturated carbocycles. The Hall–Kier alpha value is -1.15. The first-order valence-corrected chi connectivity index (χ1v) is 11.5. The third-order valence-corrected chi connectivity index (χ3v) is 7.73. The Morgan fingerprint density at radius 3 is 2.57 bits per heavy atom. The van der Waals surface area contributed by atoms with Crippen LogP contribution in [0.1, 0.15) is 55.8 Å². The molecule has 2 aliphatic rings. The molecule has 2 heterocycles. The highest BCUT2D eigenvalue weighted by molar-refractivity contribution is 7.89. The van der Waals surface area contributed by atoms with Crippen LogP contribution in [0.5, 0.6) is 0 Å². The number of amides is 1. The highest BCUT2D eigenvalue weighted by atomic mass is 35.5. The fraction of sp³-hybridized carbons (Fsp3) is 0.650. The summed E-state index contributed by atoms with van der Waals surface area (Å²) < 4.78 is 27.3. The van der Waals surface area contributed by atoms with Gasteiger partial charge in [0.05, 0.1) is 4.90 Å². The van der Waals surface area contributed by atoms with Crippen LogP contribution in [0.4, 0.5) is 0 Å². The maximum absolute atomic E-state index is 12.8. The summed E-state index contributed by atoms with van der Waals surface area (Å²) in [4.78, 5) is 12.6. The van der Waals surface area contributed by atoms with Crippen molar-refractivity contribution in [2.24, 2.45) is 5.92 Å². The molecule has 0 aliphatic carbocycles. The Labute approximate surface area is 174 Å². The van der Waals surface area contributed by atoms with Crippen LogP contribution in [0.2, 0.25) is 0 Å². The lowest BCUT2D eigenvalue weighted by molar-refractivity contribution is 0.0950. The molecule has 2 saturated heterocycles. The van der Waals surface area contributed by atoms with Gasteiger partial charge in [-0.3, -0.25) is 4.79 Å². The summed E-state index contributed by atoms with van der Waals surface area (Å²) in [6.07, 6.45) is 6.26. The van der Waals surface area contributed by atoms with E-state index in [0.717, 1.165) is 38.8 Å². The fourth-order valence-corrected chi connectivity index (χ4v) is 5.70. The Kier molecular flexibility index (Phi) is 8.74. The lowest BCUT2D eigenvalue weighted by Crippen LogP contribution is -2.41. The van der Waals surface area contributed by atoms with E-state index in [9.17, 15) is 13.2 Å². The first-order chi connectivity index (χ1) is 13.0. The summed E-state index contributed by atoms with van der Waals surface area (Å²) in [6.45, 7) is 5.30. The number of hydrogen-bond donors (Lipinski definition) is 2. The van der Waals surface area contributed by atoms with Gasteiger partial charge in [-0.05, 0) is 82.3 Å². The third kappa shape index (κ3) is 5.69. The standard InChI is InChI=1S/C20H31N3O3S.ClH/c1-16-5-2-3-14-23(16)27(25,26)19-9-7-18(8-10-19)20(24)22-13-11-17-6-4-12-21-15-17;/h7-10,16-17,21H,2-6,11-15H2,1H3,(H,22,24);1H. The van der Waals surface area contributed by atoms with Gasteiger partial charge in [0.25, 0.3) is 5.91 Å². The van der Waals surface area contributed by atoms with Gasteiger partial charge in [-0.1, -0.05) is 6.42 Å². The molecule has 0 radical (unpaired) electrons. The van der Waals surface area contributed by atoms with Gasteiger partial charge in [-0.25, -0.2) is 8.42 Å². The number of rotatable bonds is 6. The number of piperidine rings is 2. The van der Waals surface area contributed by atoms with Crippen LogP contribution in [0.3, 0.4) is 0 Å². The minimum absolute atomic E-state index is 0. The van der Waals surface area contributed by atoms with Crippen LogP contribution in [0.15, 0.2) is 29.2 Å². The number of carbonyl (C=O) groups is 1. The normalized spacial score (nSPS) is 23.6. The van der Waals surface area contributed by atoms with Gasteiger partial charge in [-0.2, -0.15) is 4.31 Å². The van der Waals surface area contributed by atoms with E-state index in [1.54, 1.807) is 28.6 Å². The molecule has 1 amide bonds. The monoisotopic (exact) mass is 429 g/mol. The number of hydrogen-bond acceptors (Lipinski definition) is 4. The van der Waals surface area contributed by atoms with Gasteiger partial charge in [0.15, 0.2) is 0 Å². The van der Waals surface area contributed by atoms with Crippen molar-refractivity contribution in [2.75, 3.05) is 26.2 Å². The van der Waals surface area contributed by atoms with Crippen molar-refractivity contribution in [3.05, 3.63) is 29.8 Å². The molecule has 1 aromatic rings. The van der Waals surface area contributed by atoms with E-state index in [1.165, 1.54) is 12.8 Å². The van der Waals surface area contributed by atoms with Gasteiger partial charge in [-0.15, -0.1) is 12.4 Å². The average molecular weight is 430 g/mol. The van der Waals surface area contributed by atoms with E-state index in [4.69, 9.17) is 0 Å². The van der Waals surface area contributed by atoms with Crippen molar-refractivity contribution in [1.82, 2.24) is 14.9 Å². The van der Waals surface area contributed by atoms with Crippen LogP contribution in [-0.4, -0.2) is 50.9 Å². The van der Waals surface area contributed by atoms with Crippen molar-refractivity contribution < 1.29 is 13.2 Å². The molecule has 2 aliphatic heterocycles. The van der Waals surface area contributed by atoms with Crippen LogP contribution < -0.4 is 10.6 Å². The molecule has 2 N–H and O–H groups in total. The molecule has 2 fully saturated rings. The molecular formula is C20H32ClN3O3S. The van der Waals surface area contributed by atoms with Crippen molar-refractivity contribution in [3.8, 4) is 0 Å². The molecule has 2 unspecified atom stereocenters. The highest BCUT2D eigenvalue weighted by Gasteiger charge is 2.30. The number of benzene rings is 1. The second-order valence-electron chi connectivity index (χ2n) is 7.74. The van der Waals surface area contributed by atoms with Gasteiger partial charge in [0, 0.05) is 24.7 Å². The maximum atomic E-state index is 12.8. The molecule has 1 aromatic carbocycles. The van der Waals surface area contributed by atoms with E-state index in [-0.39, 0.29) is 29.3 Å². The minimum Gasteiger partial charge on any atom is -0.352 e. The summed E-state index contributed by atoms with van der Waals surface area (Å²) >= 11 is 0. The molecule has 28 heavy (non-hydrogen) atoms. The molecule has 3 rings (SSSR count). The van der Waals surface area contributed by atoms with Gasteiger partial charge < -0.3 is 10.6 Å². The first-order valence-electron chi connectivity index (χ1n) is 10.1. The van der Waals surface area contributed by atoms with Gasteiger partial charge >= 0.3 is 0 Å². The Bertz CT molecular complexity index is 734. The van der Waals surface area contributed by atoms with Gasteiger partial charge in [0.2, 0.25) is 10.0 Å². The lowest BCUT2D eigenvalue weighted by atomic mass is 9.96. The van der Waals surface area contributed by atoms with Crippen LogP contribution in [-0.2, 0) is 10.0 Å². The molecule has 0 spiro atoms. The number of nitrogens with zero attached hydrogens (tertiary/aromatic N) is 1. The fourth-order valence-electron chi connectivity index (χ4n) is 4.00. The van der Waals surface area contributed by atoms with Crippen LogP contribution >= 0.6 is 12.4 Å². The van der Waals surface area contributed by atoms with Crippen molar-refractivity contribution in [1.29, 1.82) is 0 Å². The summed E-state index contributed by atoms with van der Waals surface area (Å²) in [5.74, 6) is 0.479. The molecular weight excluding hydrogens is 398 g/mol. The van der Waals surface area contributed by atoms with E-state index in [2.05, 4.69) is 10.6 Å². The largest absolute Gasteiger partial charge is 0.352 e. The third-order valence-electron chi connectivity index (χ3n) is 5.70. The zero-order valence-electron chi connectivity index (χ0n) is 16.5. The Balaban J connectivity index is 0.00000280. The molecule has 8 heteroatoms. The Morgan fingerprint density at radius 1 is 1.18 bits per heavy atom. The van der Waals surface area contributed by atoms with Gasteiger partial charge in [0.1, 0.15) is 0 Å². The number of nitrogens with one attached hydrogen (secondary N) is 2. The van der Waals surface area contributed by atoms with E-state index >= 15 is 0 Å². The van der Waals surface area contributed by atoms with E-state index in [1.807, 2.05) is 6.92 Å². The van der Waals surface area contributed by atoms with Crippen LogP contribution in [0, 0.1) is 5.92 Å². The predicted octanol–water partition coefficient (Wildman–Crippen LogP) is 2.79. The van der Waals surface area contributed by atoms with E-state index < -0.39 is 10.0 Å². The quantitative estimate of drug-likeness (QED) is 0.728. The summed E-state index contributed by atoms with van der Waals surface area (Å²) in [7, 11) is -3.49. The zero-order chi connectivity index (χ0) is 19.3. The molecule has 0 aromatic heterocycles. The van der Waals surface area contributed by atoms with Crippen molar-refractivity contribution in [3.63, 3.8) is 0 Å². The number of carbonyl (C=O) groups excluding carboxylic acids is 1. The number of halogens is 1. The van der Waals surface area contributed by atoms with Crippen LogP contribution in [0.25, 0.3) is 0 Å². The first kappa shape index (κ1) is 23.1. The second-order valence-corrected chi connectivity index (χ2v) is 9.63. The minimum atomic E-state index is -3.49. The zero-order valence-corrected chi connectivity index (χ0v) is 18.2. The maximum Gasteiger partial charge on any atom is 0.251 e. The summed E-state index contributed by atoms with van der Waals surface area (Å²) in [5.41, 5.74) is 0.502. The average Bonchev–Trinajstić information content (AvgIpc) is 2.69. The second kappa shape index (κ2) is 10.6. The van der Waals surface area contributed by atoms with Crippen molar-refractivity contribution >= 4 is 28.3 Å². The van der Waals surface area contributed by atoms with Crippen molar-refractivity contribution in [2.45, 2.75) is 56.4 Å². The smallest absolute Gasteiger partial charge is 0.251 e. The predicted molar refractivity (Wildman–Crippen MR) is 113 cm³/mol. The summed E-state index contributed by atoms with van der Waals surface area (Å²) in [6, 6.07) is 6.35.